The third-order valence-electron chi connectivity index (χ3n) is 3.55. The van der Waals surface area contributed by atoms with Crippen LogP contribution in [0.2, 0.25) is 0 Å². The summed E-state index contributed by atoms with van der Waals surface area (Å²) >= 11 is 1.18. The highest BCUT2D eigenvalue weighted by atomic mass is 32.2. The Morgan fingerprint density at radius 2 is 1.89 bits per heavy atom. The molecule has 8 heteroatoms. The van der Waals surface area contributed by atoms with Crippen molar-refractivity contribution in [2.45, 2.75) is 13.0 Å². The van der Waals surface area contributed by atoms with Crippen molar-refractivity contribution in [3.8, 4) is 5.75 Å². The zero-order valence-electron chi connectivity index (χ0n) is 14.2. The third-order valence-corrected chi connectivity index (χ3v) is 4.46. The van der Waals surface area contributed by atoms with Crippen LogP contribution in [0.15, 0.2) is 58.4 Å². The lowest BCUT2D eigenvalue weighted by molar-refractivity contribution is -0.144. The molecule has 1 heterocycles. The molecule has 0 bridgehead atoms. The van der Waals surface area contributed by atoms with Gasteiger partial charge < -0.3 is 15.2 Å². The lowest BCUT2D eigenvalue weighted by Crippen LogP contribution is -2.22. The number of carboxylic acids is 1. The number of halogens is 1. The van der Waals surface area contributed by atoms with Gasteiger partial charge in [0.15, 0.2) is 11.3 Å². The van der Waals surface area contributed by atoms with E-state index >= 15 is 0 Å². The summed E-state index contributed by atoms with van der Waals surface area (Å²) in [5.74, 6) is -1.25. The van der Waals surface area contributed by atoms with Crippen molar-refractivity contribution in [2.75, 3.05) is 0 Å². The second-order valence-corrected chi connectivity index (χ2v) is 6.66. The predicted octanol–water partition coefficient (Wildman–Crippen LogP) is 3.57. The molecule has 1 aliphatic rings. The monoisotopic (exact) mass is 386 g/mol. The number of rotatable bonds is 5. The molecule has 1 amide bonds. The largest absolute Gasteiger partial charge is 0.479 e. The fraction of sp³-hybridized carbons (Fsp3) is 0.105. The van der Waals surface area contributed by atoms with Crippen LogP contribution < -0.4 is 10.1 Å². The molecule has 0 aromatic heterocycles. The first kappa shape index (κ1) is 18.7. The van der Waals surface area contributed by atoms with Crippen LogP contribution in [0.4, 0.5) is 10.1 Å². The van der Waals surface area contributed by atoms with Gasteiger partial charge in [0.1, 0.15) is 11.6 Å². The number of amidine groups is 1. The van der Waals surface area contributed by atoms with Crippen molar-refractivity contribution >= 4 is 40.6 Å². The fourth-order valence-corrected chi connectivity index (χ4v) is 3.00. The third kappa shape index (κ3) is 4.95. The number of carbonyl (C=O) groups is 2. The first-order chi connectivity index (χ1) is 12.9. The van der Waals surface area contributed by atoms with E-state index in [-0.39, 0.29) is 11.7 Å². The number of hydrogen-bond acceptors (Lipinski definition) is 5. The van der Waals surface area contributed by atoms with E-state index in [1.807, 2.05) is 0 Å². The number of ether oxygens (including phenoxy) is 1. The van der Waals surface area contributed by atoms with Gasteiger partial charge in [-0.15, -0.1) is 0 Å². The minimum atomic E-state index is -1.05. The van der Waals surface area contributed by atoms with Gasteiger partial charge in [-0.1, -0.05) is 12.1 Å². The van der Waals surface area contributed by atoms with Crippen LogP contribution in [0.25, 0.3) is 6.08 Å². The normalized spacial score (nSPS) is 17.8. The van der Waals surface area contributed by atoms with Crippen LogP contribution in [0.1, 0.15) is 12.5 Å². The molecular formula is C19H15FN2O4S. The standard InChI is InChI=1S/C19H15FN2O4S/c1-11(18(24)25)26-15-8-2-12(3-9-15)10-16-17(23)22-19(27-16)21-14-6-4-13(20)5-7-14/h2-11H,1H3,(H,24,25)(H,21,22,23)/b16-10+. The van der Waals surface area contributed by atoms with Crippen LogP contribution >= 0.6 is 11.8 Å². The Labute approximate surface area is 158 Å². The summed E-state index contributed by atoms with van der Waals surface area (Å²) in [6.45, 7) is 1.44. The van der Waals surface area contributed by atoms with Gasteiger partial charge >= 0.3 is 5.97 Å². The zero-order chi connectivity index (χ0) is 19.4. The second kappa shape index (κ2) is 8.05. The van der Waals surface area contributed by atoms with Crippen LogP contribution in [0.5, 0.6) is 5.75 Å². The van der Waals surface area contributed by atoms with Crippen LogP contribution in [0.3, 0.4) is 0 Å². The molecule has 138 valence electrons. The van der Waals surface area contributed by atoms with Crippen LogP contribution in [0, 0.1) is 5.82 Å². The van der Waals surface area contributed by atoms with Gasteiger partial charge in [-0.2, -0.15) is 0 Å². The number of amides is 1. The second-order valence-electron chi connectivity index (χ2n) is 5.63. The van der Waals surface area contributed by atoms with Gasteiger partial charge in [0.05, 0.1) is 10.6 Å². The molecule has 0 saturated carbocycles. The van der Waals surface area contributed by atoms with Crippen molar-refractivity contribution in [2.24, 2.45) is 4.99 Å². The molecule has 2 N–H and O–H groups in total. The Bertz CT molecular complexity index is 924. The summed E-state index contributed by atoms with van der Waals surface area (Å²) in [5.41, 5.74) is 1.29. The molecule has 1 unspecified atom stereocenters. The van der Waals surface area contributed by atoms with Gasteiger partial charge in [-0.3, -0.25) is 4.79 Å². The molecule has 1 saturated heterocycles. The Balaban J connectivity index is 1.70. The maximum Gasteiger partial charge on any atom is 0.344 e. The number of nitrogens with zero attached hydrogens (tertiary/aromatic N) is 1. The van der Waals surface area contributed by atoms with Gasteiger partial charge in [0.2, 0.25) is 0 Å². The smallest absolute Gasteiger partial charge is 0.344 e. The van der Waals surface area contributed by atoms with E-state index in [0.717, 1.165) is 5.56 Å². The summed E-state index contributed by atoms with van der Waals surface area (Å²) < 4.78 is 18.2. The lowest BCUT2D eigenvalue weighted by atomic mass is 10.2. The molecule has 1 aliphatic heterocycles. The summed E-state index contributed by atoms with van der Waals surface area (Å²) in [6, 6.07) is 12.4. The van der Waals surface area contributed by atoms with E-state index in [1.54, 1.807) is 30.3 Å². The number of carbonyl (C=O) groups excluding carboxylic acids is 1. The number of benzene rings is 2. The van der Waals surface area contributed by atoms with Crippen molar-refractivity contribution < 1.29 is 23.8 Å². The van der Waals surface area contributed by atoms with Crippen molar-refractivity contribution in [3.63, 3.8) is 0 Å². The number of carboxylic acid groups (broad SMARTS) is 1. The highest BCUT2D eigenvalue weighted by Gasteiger charge is 2.23. The van der Waals surface area contributed by atoms with Crippen molar-refractivity contribution in [1.82, 2.24) is 5.32 Å². The highest BCUT2D eigenvalue weighted by Crippen LogP contribution is 2.28. The molecule has 27 heavy (non-hydrogen) atoms. The molecule has 1 atom stereocenters. The Morgan fingerprint density at radius 1 is 1.22 bits per heavy atom. The topological polar surface area (TPSA) is 88.0 Å². The predicted molar refractivity (Wildman–Crippen MR) is 101 cm³/mol. The Kier molecular flexibility index (Phi) is 5.56. The number of thioether (sulfide) groups is 1. The number of aliphatic imine (C=N–C) groups is 1. The summed E-state index contributed by atoms with van der Waals surface area (Å²) in [6.07, 6.45) is 0.744. The van der Waals surface area contributed by atoms with Gasteiger partial charge in [-0.05, 0) is 66.7 Å². The van der Waals surface area contributed by atoms with Crippen LogP contribution in [-0.4, -0.2) is 28.3 Å². The minimum Gasteiger partial charge on any atom is -0.479 e. The molecule has 0 spiro atoms. The lowest BCUT2D eigenvalue weighted by Gasteiger charge is -2.10. The van der Waals surface area contributed by atoms with E-state index in [1.165, 1.54) is 43.0 Å². The van der Waals surface area contributed by atoms with Gasteiger partial charge in [-0.25, -0.2) is 14.2 Å². The quantitative estimate of drug-likeness (QED) is 0.767. The Hall–Kier alpha value is -3.13. The SMILES string of the molecule is CC(Oc1ccc(/C=C2/SC(=Nc3ccc(F)cc3)NC2=O)cc1)C(=O)O. The molecule has 1 fully saturated rings. The van der Waals surface area contributed by atoms with E-state index in [4.69, 9.17) is 9.84 Å². The number of nitrogens with one attached hydrogen (secondary N) is 1. The van der Waals surface area contributed by atoms with E-state index in [2.05, 4.69) is 10.3 Å². The summed E-state index contributed by atoms with van der Waals surface area (Å²) in [7, 11) is 0. The van der Waals surface area contributed by atoms with E-state index < -0.39 is 12.1 Å². The number of aliphatic carboxylic acids is 1. The fourth-order valence-electron chi connectivity index (χ4n) is 2.16. The maximum absolute atomic E-state index is 12.9. The van der Waals surface area contributed by atoms with Crippen molar-refractivity contribution in [1.29, 1.82) is 0 Å². The maximum atomic E-state index is 12.9. The summed E-state index contributed by atoms with van der Waals surface area (Å²) in [5, 5.41) is 11.9. The molecule has 0 radical (unpaired) electrons. The van der Waals surface area contributed by atoms with E-state index in [9.17, 15) is 14.0 Å². The molecule has 6 nitrogen and oxygen atoms in total. The van der Waals surface area contributed by atoms with Crippen LogP contribution in [-0.2, 0) is 9.59 Å². The Morgan fingerprint density at radius 3 is 2.52 bits per heavy atom. The van der Waals surface area contributed by atoms with Gasteiger partial charge in [0.25, 0.3) is 5.91 Å². The molecular weight excluding hydrogens is 371 g/mol. The average molecular weight is 386 g/mol. The average Bonchev–Trinajstić information content (AvgIpc) is 2.97. The zero-order valence-corrected chi connectivity index (χ0v) is 15.0. The van der Waals surface area contributed by atoms with Crippen molar-refractivity contribution in [3.05, 3.63) is 64.8 Å². The first-order valence-electron chi connectivity index (χ1n) is 7.95. The molecule has 2 aromatic rings. The van der Waals surface area contributed by atoms with E-state index in [0.29, 0.717) is 21.5 Å². The van der Waals surface area contributed by atoms with Gasteiger partial charge in [0, 0.05) is 0 Å². The number of hydrogen-bond donors (Lipinski definition) is 2. The summed E-state index contributed by atoms with van der Waals surface area (Å²) in [4.78, 5) is 27.6. The first-order valence-corrected chi connectivity index (χ1v) is 8.77. The molecule has 0 aliphatic carbocycles. The highest BCUT2D eigenvalue weighted by molar-refractivity contribution is 8.18. The minimum absolute atomic E-state index is 0.277. The molecule has 2 aromatic carbocycles. The molecule has 3 rings (SSSR count).